The van der Waals surface area contributed by atoms with Crippen molar-refractivity contribution in [2.24, 2.45) is 46.3 Å². The van der Waals surface area contributed by atoms with Crippen molar-refractivity contribution in [3.05, 3.63) is 48.1 Å². The Labute approximate surface area is 295 Å². The fraction of sp³-hybridized carbons (Fsp3) is 0.818. The third-order valence-electron chi connectivity index (χ3n) is 14.8. The molecule has 0 unspecified atom stereocenters. The maximum atomic E-state index is 17.1. The summed E-state index contributed by atoms with van der Waals surface area (Å²) in [7, 11) is 0. The molecule has 0 amide bonds. The normalized spacial score (nSPS) is 39.3. The van der Waals surface area contributed by atoms with Crippen LogP contribution in [0.3, 0.4) is 0 Å². The van der Waals surface area contributed by atoms with Crippen LogP contribution in [0.4, 0.5) is 17.6 Å². The van der Waals surface area contributed by atoms with Gasteiger partial charge in [0.1, 0.15) is 11.7 Å². The van der Waals surface area contributed by atoms with Gasteiger partial charge in [0.15, 0.2) is 11.3 Å². The molecule has 0 bridgehead atoms. The van der Waals surface area contributed by atoms with Crippen LogP contribution in [0.1, 0.15) is 155 Å². The molecule has 49 heavy (non-hydrogen) atoms. The van der Waals surface area contributed by atoms with Gasteiger partial charge in [0.05, 0.1) is 25.0 Å². The van der Waals surface area contributed by atoms with Gasteiger partial charge in [0, 0.05) is 10.8 Å². The summed E-state index contributed by atoms with van der Waals surface area (Å²) in [6.45, 7) is 4.53. The van der Waals surface area contributed by atoms with Gasteiger partial charge in [0.2, 0.25) is 0 Å². The first-order chi connectivity index (χ1) is 23.7. The van der Waals surface area contributed by atoms with Crippen LogP contribution in [0.25, 0.3) is 0 Å². The topological polar surface area (TPSA) is 9.23 Å². The van der Waals surface area contributed by atoms with E-state index in [4.69, 9.17) is 4.74 Å². The van der Waals surface area contributed by atoms with Crippen LogP contribution >= 0.6 is 0 Å². The fourth-order valence-electron chi connectivity index (χ4n) is 12.0. The van der Waals surface area contributed by atoms with Gasteiger partial charge < -0.3 is 4.74 Å². The molecular weight excluding hydrogens is 620 g/mol. The summed E-state index contributed by atoms with van der Waals surface area (Å²) in [5.41, 5.74) is -4.64. The van der Waals surface area contributed by atoms with E-state index in [0.29, 0.717) is 0 Å². The Bertz CT molecular complexity index is 1100. The maximum Gasteiger partial charge on any atom is 0.155 e. The van der Waals surface area contributed by atoms with Crippen molar-refractivity contribution in [1.29, 1.82) is 0 Å². The second kappa shape index (κ2) is 16.1. The maximum absolute atomic E-state index is 17.1. The number of ether oxygens (including phenoxy) is 1. The van der Waals surface area contributed by atoms with Crippen molar-refractivity contribution in [2.45, 2.75) is 166 Å². The number of allylic oxidation sites excluding steroid dienone is 4. The van der Waals surface area contributed by atoms with Crippen LogP contribution in [0.15, 0.2) is 48.1 Å². The summed E-state index contributed by atoms with van der Waals surface area (Å²) in [5.74, 6) is -0.246. The SMILES string of the molecule is CCC[C@H]1CC[C@H](C2([C@@]3(F)C=C[C@@H](COC[C@@H]4C=C[C@](F)(C5([C@H]6CC[C@H](CCC)CC6)CCCCC5)C=C4F)C(F)=C3)CCCCC2)CC1. The van der Waals surface area contributed by atoms with Crippen molar-refractivity contribution in [2.75, 3.05) is 13.2 Å². The zero-order valence-corrected chi connectivity index (χ0v) is 30.8. The van der Waals surface area contributed by atoms with E-state index in [1.54, 1.807) is 24.3 Å². The first kappa shape index (κ1) is 37.4. The largest absolute Gasteiger partial charge is 0.379 e. The number of hydrogen-bond acceptors (Lipinski definition) is 1. The lowest BCUT2D eigenvalue weighted by atomic mass is 9.53. The van der Waals surface area contributed by atoms with Crippen LogP contribution in [0, 0.1) is 46.3 Å². The van der Waals surface area contributed by atoms with Crippen LogP contribution in [-0.4, -0.2) is 24.6 Å². The highest BCUT2D eigenvalue weighted by Gasteiger charge is 2.57. The van der Waals surface area contributed by atoms with E-state index >= 15 is 17.6 Å². The van der Waals surface area contributed by atoms with Gasteiger partial charge in [-0.05, 0) is 99.3 Å². The predicted octanol–water partition coefficient (Wildman–Crippen LogP) is 13.6. The molecule has 5 heteroatoms. The molecule has 4 saturated carbocycles. The molecule has 4 fully saturated rings. The van der Waals surface area contributed by atoms with Gasteiger partial charge in [-0.25, -0.2) is 17.6 Å². The molecule has 0 aromatic carbocycles. The van der Waals surface area contributed by atoms with Crippen LogP contribution in [-0.2, 0) is 4.74 Å². The zero-order valence-electron chi connectivity index (χ0n) is 30.8. The molecular formula is C44H66F4O. The van der Waals surface area contributed by atoms with E-state index in [-0.39, 0.29) is 25.0 Å². The van der Waals surface area contributed by atoms with Crippen molar-refractivity contribution in [3.8, 4) is 0 Å². The third-order valence-corrected chi connectivity index (χ3v) is 14.8. The molecule has 4 atom stereocenters. The average molecular weight is 687 g/mol. The van der Waals surface area contributed by atoms with E-state index in [1.807, 2.05) is 0 Å². The number of rotatable bonds is 12. The molecule has 0 spiro atoms. The van der Waals surface area contributed by atoms with Gasteiger partial charge in [-0.3, -0.25) is 0 Å². The van der Waals surface area contributed by atoms with Gasteiger partial charge in [0.25, 0.3) is 0 Å². The highest BCUT2D eigenvalue weighted by atomic mass is 19.2. The summed E-state index contributed by atoms with van der Waals surface area (Å²) in [6, 6.07) is 0. The molecule has 0 aliphatic heterocycles. The molecule has 0 N–H and O–H groups in total. The Kier molecular flexibility index (Phi) is 12.3. The minimum absolute atomic E-state index is 0.0212. The van der Waals surface area contributed by atoms with Crippen LogP contribution in [0.5, 0.6) is 0 Å². The van der Waals surface area contributed by atoms with E-state index in [9.17, 15) is 0 Å². The molecule has 6 aliphatic carbocycles. The quantitative estimate of drug-likeness (QED) is 0.147. The lowest BCUT2D eigenvalue weighted by Gasteiger charge is -2.53. The first-order valence-electron chi connectivity index (χ1n) is 20.8. The molecule has 6 rings (SSSR count). The first-order valence-corrected chi connectivity index (χ1v) is 20.8. The highest BCUT2D eigenvalue weighted by Crippen LogP contribution is 2.60. The fourth-order valence-corrected chi connectivity index (χ4v) is 12.0. The standard InChI is InChI=1S/C44H66F4O/c1-3-11-33-13-17-37(18-14-33)41(23-7-5-8-24-41)43(47)27-21-35(39(45)29-43)31-49-32-36-22-28-44(48,30-40(36)46)42(25-9-6-10-26-42)38-19-15-34(12-4-2)16-20-38/h21-22,27-30,33-38H,3-20,23-26,31-32H2,1-2H3/t33-,34-,35-,36-,37-,38-,43+,44+/m0/s1. The average Bonchev–Trinajstić information content (AvgIpc) is 3.11. The summed E-state index contributed by atoms with van der Waals surface area (Å²) in [6.07, 6.45) is 32.5. The van der Waals surface area contributed by atoms with Gasteiger partial charge in [-0.2, -0.15) is 0 Å². The Balaban J connectivity index is 1.07. The minimum atomic E-state index is -1.79. The Hall–Kier alpha value is -1.36. The Morgan fingerprint density at radius 1 is 0.571 bits per heavy atom. The van der Waals surface area contributed by atoms with Crippen LogP contribution in [0.2, 0.25) is 0 Å². The number of alkyl halides is 2. The second-order valence-electron chi connectivity index (χ2n) is 17.5. The molecule has 0 aromatic heterocycles. The molecule has 276 valence electrons. The van der Waals surface area contributed by atoms with Crippen molar-refractivity contribution in [3.63, 3.8) is 0 Å². The van der Waals surface area contributed by atoms with Crippen molar-refractivity contribution < 1.29 is 22.3 Å². The number of hydrogen-bond donors (Lipinski definition) is 0. The summed E-state index contributed by atoms with van der Waals surface area (Å²) in [5, 5.41) is 0. The van der Waals surface area contributed by atoms with E-state index in [1.165, 1.54) is 37.8 Å². The van der Waals surface area contributed by atoms with Gasteiger partial charge >= 0.3 is 0 Å². The summed E-state index contributed by atoms with van der Waals surface area (Å²) < 4.78 is 71.7. The van der Waals surface area contributed by atoms with Crippen molar-refractivity contribution in [1.82, 2.24) is 0 Å². The highest BCUT2D eigenvalue weighted by molar-refractivity contribution is 5.33. The molecule has 0 saturated heterocycles. The molecule has 0 heterocycles. The van der Waals surface area contributed by atoms with Crippen LogP contribution < -0.4 is 0 Å². The molecule has 0 radical (unpaired) electrons. The summed E-state index contributed by atoms with van der Waals surface area (Å²) >= 11 is 0. The van der Waals surface area contributed by atoms with Gasteiger partial charge in [-0.15, -0.1) is 0 Å². The molecule has 0 aromatic rings. The second-order valence-corrected chi connectivity index (χ2v) is 17.5. The van der Waals surface area contributed by atoms with Gasteiger partial charge in [-0.1, -0.05) is 116 Å². The monoisotopic (exact) mass is 687 g/mol. The van der Waals surface area contributed by atoms with E-state index in [2.05, 4.69) is 13.8 Å². The smallest absolute Gasteiger partial charge is 0.155 e. The number of halogens is 4. The Morgan fingerprint density at radius 2 is 0.939 bits per heavy atom. The molecule has 1 nitrogen and oxygen atoms in total. The zero-order chi connectivity index (χ0) is 34.5. The van der Waals surface area contributed by atoms with E-state index in [0.717, 1.165) is 127 Å². The third kappa shape index (κ3) is 7.59. The predicted molar refractivity (Wildman–Crippen MR) is 194 cm³/mol. The lowest BCUT2D eigenvalue weighted by Crippen LogP contribution is -2.51. The summed E-state index contributed by atoms with van der Waals surface area (Å²) in [4.78, 5) is 0. The Morgan fingerprint density at radius 3 is 1.27 bits per heavy atom. The van der Waals surface area contributed by atoms with Crippen molar-refractivity contribution >= 4 is 0 Å². The minimum Gasteiger partial charge on any atom is -0.379 e. The molecule has 6 aliphatic rings. The van der Waals surface area contributed by atoms with E-state index < -0.39 is 45.7 Å². The lowest BCUT2D eigenvalue weighted by molar-refractivity contribution is -0.0445.